The first-order valence-electron chi connectivity index (χ1n) is 5.41. The lowest BCUT2D eigenvalue weighted by Gasteiger charge is -2.08. The zero-order valence-corrected chi connectivity index (χ0v) is 9.45. The molecule has 5 heteroatoms. The molecule has 0 spiro atoms. The molecule has 0 saturated heterocycles. The number of rotatable bonds is 2. The van der Waals surface area contributed by atoms with Crippen LogP contribution in [-0.4, -0.2) is 15.0 Å². The van der Waals surface area contributed by atoms with Gasteiger partial charge in [-0.2, -0.15) is 0 Å². The third kappa shape index (κ3) is 1.82. The van der Waals surface area contributed by atoms with E-state index in [1.54, 1.807) is 36.9 Å². The number of hydrogen-bond acceptors (Lipinski definition) is 5. The second-order valence-electron chi connectivity index (χ2n) is 3.70. The molecular weight excluding hydrogens is 228 g/mol. The Morgan fingerprint density at radius 1 is 1.00 bits per heavy atom. The third-order valence-electron chi connectivity index (χ3n) is 2.52. The van der Waals surface area contributed by atoms with Gasteiger partial charge in [0.15, 0.2) is 5.75 Å². The van der Waals surface area contributed by atoms with Crippen molar-refractivity contribution in [1.29, 1.82) is 0 Å². The molecule has 0 atom stereocenters. The zero-order valence-electron chi connectivity index (χ0n) is 9.45. The number of hydrogen-bond donors (Lipinski definition) is 1. The molecule has 0 aliphatic heterocycles. The Morgan fingerprint density at radius 3 is 2.78 bits per heavy atom. The first-order chi connectivity index (χ1) is 8.84. The molecule has 2 aromatic heterocycles. The molecule has 0 fully saturated rings. The first-order valence-corrected chi connectivity index (χ1v) is 5.41. The average Bonchev–Trinajstić information content (AvgIpc) is 2.44. The summed E-state index contributed by atoms with van der Waals surface area (Å²) < 4.78 is 5.65. The summed E-state index contributed by atoms with van der Waals surface area (Å²) in [7, 11) is 0. The van der Waals surface area contributed by atoms with Crippen LogP contribution in [0.3, 0.4) is 0 Å². The van der Waals surface area contributed by atoms with E-state index in [2.05, 4.69) is 15.0 Å². The van der Waals surface area contributed by atoms with Crippen LogP contribution in [-0.2, 0) is 0 Å². The summed E-state index contributed by atoms with van der Waals surface area (Å²) in [4.78, 5) is 12.3. The van der Waals surface area contributed by atoms with Crippen LogP contribution < -0.4 is 10.5 Å². The molecule has 0 unspecified atom stereocenters. The number of nitrogen functional groups attached to an aromatic ring is 1. The van der Waals surface area contributed by atoms with Crippen LogP contribution >= 0.6 is 0 Å². The largest absolute Gasteiger partial charge is 0.435 e. The lowest BCUT2D eigenvalue weighted by Crippen LogP contribution is -1.93. The summed E-state index contributed by atoms with van der Waals surface area (Å²) in [5, 5.41) is 0.860. The molecule has 0 amide bonds. The minimum atomic E-state index is 0.425. The van der Waals surface area contributed by atoms with Crippen molar-refractivity contribution in [1.82, 2.24) is 15.0 Å². The van der Waals surface area contributed by atoms with Crippen molar-refractivity contribution in [3.05, 3.63) is 49.1 Å². The molecule has 0 saturated carbocycles. The normalized spacial score (nSPS) is 10.4. The summed E-state index contributed by atoms with van der Waals surface area (Å²) in [5.41, 5.74) is 7.28. The Labute approximate surface area is 103 Å². The summed E-state index contributed by atoms with van der Waals surface area (Å²) >= 11 is 0. The van der Waals surface area contributed by atoms with E-state index in [4.69, 9.17) is 10.5 Å². The maximum Gasteiger partial charge on any atom is 0.237 e. The molecule has 2 N–H and O–H groups in total. The monoisotopic (exact) mass is 238 g/mol. The molecule has 3 aromatic rings. The first kappa shape index (κ1) is 10.5. The Bertz CT molecular complexity index is 685. The van der Waals surface area contributed by atoms with E-state index in [9.17, 15) is 0 Å². The third-order valence-corrected chi connectivity index (χ3v) is 2.52. The van der Waals surface area contributed by atoms with Crippen LogP contribution in [0.1, 0.15) is 0 Å². The number of aromatic nitrogens is 3. The van der Waals surface area contributed by atoms with E-state index in [0.29, 0.717) is 22.8 Å². The van der Waals surface area contributed by atoms with E-state index in [-0.39, 0.29) is 0 Å². The van der Waals surface area contributed by atoms with Gasteiger partial charge in [0, 0.05) is 29.7 Å². The Balaban J connectivity index is 2.10. The number of fused-ring (bicyclic) bond motifs is 1. The number of ether oxygens (including phenoxy) is 1. The fourth-order valence-electron chi connectivity index (χ4n) is 1.70. The van der Waals surface area contributed by atoms with Crippen molar-refractivity contribution in [2.24, 2.45) is 0 Å². The second-order valence-corrected chi connectivity index (χ2v) is 3.70. The highest BCUT2D eigenvalue weighted by molar-refractivity contribution is 5.94. The predicted octanol–water partition coefficient (Wildman–Crippen LogP) is 2.40. The van der Waals surface area contributed by atoms with Gasteiger partial charge in [0.2, 0.25) is 5.88 Å². The van der Waals surface area contributed by atoms with Gasteiger partial charge in [0.25, 0.3) is 0 Å². The van der Waals surface area contributed by atoms with Gasteiger partial charge in [-0.25, -0.2) is 4.98 Å². The van der Waals surface area contributed by atoms with Crippen LogP contribution in [0.25, 0.3) is 10.9 Å². The summed E-state index contributed by atoms with van der Waals surface area (Å²) in [6, 6.07) is 7.31. The maximum atomic E-state index is 5.89. The van der Waals surface area contributed by atoms with Gasteiger partial charge in [-0.3, -0.25) is 9.97 Å². The average molecular weight is 238 g/mol. The molecule has 0 aliphatic rings. The standard InChI is InChI=1S/C13H10N4O/c14-10-3-4-11(13-9(10)2-1-5-17-13)18-12-8-15-6-7-16-12/h1-8H,14H2. The van der Waals surface area contributed by atoms with E-state index in [0.717, 1.165) is 5.39 Å². The number of anilines is 1. The molecule has 0 aliphatic carbocycles. The molecule has 5 nitrogen and oxygen atoms in total. The van der Waals surface area contributed by atoms with Crippen molar-refractivity contribution >= 4 is 16.6 Å². The predicted molar refractivity (Wildman–Crippen MR) is 68.3 cm³/mol. The molecule has 1 aromatic carbocycles. The molecule has 3 rings (SSSR count). The van der Waals surface area contributed by atoms with Gasteiger partial charge in [-0.05, 0) is 24.3 Å². The number of nitrogens with zero attached hydrogens (tertiary/aromatic N) is 3. The zero-order chi connectivity index (χ0) is 12.4. The molecule has 88 valence electrons. The van der Waals surface area contributed by atoms with Gasteiger partial charge < -0.3 is 10.5 Å². The molecule has 2 heterocycles. The fraction of sp³-hybridized carbons (Fsp3) is 0. The maximum absolute atomic E-state index is 5.89. The number of benzene rings is 1. The topological polar surface area (TPSA) is 73.9 Å². The Hall–Kier alpha value is -2.69. The lowest BCUT2D eigenvalue weighted by atomic mass is 10.2. The highest BCUT2D eigenvalue weighted by atomic mass is 16.5. The lowest BCUT2D eigenvalue weighted by molar-refractivity contribution is 0.464. The van der Waals surface area contributed by atoms with Gasteiger partial charge in [0.05, 0.1) is 6.20 Å². The van der Waals surface area contributed by atoms with Crippen LogP contribution in [0, 0.1) is 0 Å². The minimum Gasteiger partial charge on any atom is -0.435 e. The Kier molecular flexibility index (Phi) is 2.49. The Morgan fingerprint density at radius 2 is 1.94 bits per heavy atom. The number of pyridine rings is 1. The smallest absolute Gasteiger partial charge is 0.237 e. The van der Waals surface area contributed by atoms with E-state index >= 15 is 0 Å². The van der Waals surface area contributed by atoms with Crippen LogP contribution in [0.2, 0.25) is 0 Å². The minimum absolute atomic E-state index is 0.425. The van der Waals surface area contributed by atoms with Gasteiger partial charge in [-0.15, -0.1) is 0 Å². The van der Waals surface area contributed by atoms with Crippen molar-refractivity contribution in [2.45, 2.75) is 0 Å². The van der Waals surface area contributed by atoms with Crippen molar-refractivity contribution < 1.29 is 4.74 Å². The van der Waals surface area contributed by atoms with Gasteiger partial charge in [-0.1, -0.05) is 0 Å². The second kappa shape index (κ2) is 4.29. The summed E-state index contributed by atoms with van der Waals surface area (Å²) in [6.07, 6.45) is 6.41. The van der Waals surface area contributed by atoms with E-state index < -0.39 is 0 Å². The van der Waals surface area contributed by atoms with Crippen LogP contribution in [0.5, 0.6) is 11.6 Å². The van der Waals surface area contributed by atoms with E-state index in [1.165, 1.54) is 0 Å². The van der Waals surface area contributed by atoms with Crippen molar-refractivity contribution in [3.8, 4) is 11.6 Å². The molecule has 0 bridgehead atoms. The SMILES string of the molecule is Nc1ccc(Oc2cnccn2)c2ncccc12. The number of nitrogens with two attached hydrogens (primary N) is 1. The van der Waals surface area contributed by atoms with Crippen molar-refractivity contribution in [2.75, 3.05) is 5.73 Å². The highest BCUT2D eigenvalue weighted by Crippen LogP contribution is 2.30. The fourth-order valence-corrected chi connectivity index (χ4v) is 1.70. The van der Waals surface area contributed by atoms with Crippen LogP contribution in [0.4, 0.5) is 5.69 Å². The summed E-state index contributed by atoms with van der Waals surface area (Å²) in [5.74, 6) is 1.04. The highest BCUT2D eigenvalue weighted by Gasteiger charge is 2.07. The molecule has 18 heavy (non-hydrogen) atoms. The quantitative estimate of drug-likeness (QED) is 0.694. The van der Waals surface area contributed by atoms with Gasteiger partial charge in [0.1, 0.15) is 5.52 Å². The van der Waals surface area contributed by atoms with Crippen molar-refractivity contribution in [3.63, 3.8) is 0 Å². The van der Waals surface area contributed by atoms with E-state index in [1.807, 2.05) is 12.1 Å². The van der Waals surface area contributed by atoms with Crippen LogP contribution in [0.15, 0.2) is 49.1 Å². The van der Waals surface area contributed by atoms with Gasteiger partial charge >= 0.3 is 0 Å². The molecule has 0 radical (unpaired) electrons. The molecular formula is C13H10N4O. The summed E-state index contributed by atoms with van der Waals surface area (Å²) in [6.45, 7) is 0.